The van der Waals surface area contributed by atoms with Crippen LogP contribution >= 0.6 is 0 Å². The fraction of sp³-hybridized carbons (Fsp3) is 0.333. The molecule has 6 nitrogen and oxygen atoms in total. The SMILES string of the molecule is COc1cccc(Cc2cnc([C@@H]3CCCCN3C(=O)COc3ccc(F)cc3F)o2)c1. The van der Waals surface area contributed by atoms with Crippen LogP contribution in [0.4, 0.5) is 8.78 Å². The fourth-order valence-corrected chi connectivity index (χ4v) is 3.84. The zero-order valence-corrected chi connectivity index (χ0v) is 17.7. The summed E-state index contributed by atoms with van der Waals surface area (Å²) in [4.78, 5) is 18.9. The highest BCUT2D eigenvalue weighted by Gasteiger charge is 2.31. The average Bonchev–Trinajstić information content (AvgIpc) is 3.26. The van der Waals surface area contributed by atoms with Gasteiger partial charge in [-0.15, -0.1) is 0 Å². The molecule has 1 amide bonds. The fourth-order valence-electron chi connectivity index (χ4n) is 3.84. The number of carbonyl (C=O) groups excluding carboxylic acids is 1. The maximum absolute atomic E-state index is 13.8. The Bertz CT molecular complexity index is 1090. The molecule has 0 unspecified atom stereocenters. The van der Waals surface area contributed by atoms with E-state index in [1.54, 1.807) is 18.2 Å². The van der Waals surface area contributed by atoms with Crippen molar-refractivity contribution in [3.8, 4) is 11.5 Å². The smallest absolute Gasteiger partial charge is 0.261 e. The Balaban J connectivity index is 1.43. The molecule has 168 valence electrons. The van der Waals surface area contributed by atoms with Crippen molar-refractivity contribution >= 4 is 5.91 Å². The van der Waals surface area contributed by atoms with Crippen molar-refractivity contribution in [2.75, 3.05) is 20.3 Å². The number of hydrogen-bond acceptors (Lipinski definition) is 5. The summed E-state index contributed by atoms with van der Waals surface area (Å²) in [5.74, 6) is -0.0755. The zero-order chi connectivity index (χ0) is 22.5. The van der Waals surface area contributed by atoms with Gasteiger partial charge in [-0.05, 0) is 49.1 Å². The van der Waals surface area contributed by atoms with Gasteiger partial charge in [0, 0.05) is 19.0 Å². The maximum atomic E-state index is 13.8. The number of methoxy groups -OCH3 is 1. The quantitative estimate of drug-likeness (QED) is 0.531. The summed E-state index contributed by atoms with van der Waals surface area (Å²) in [5, 5.41) is 0. The molecule has 32 heavy (non-hydrogen) atoms. The first-order valence-corrected chi connectivity index (χ1v) is 10.5. The summed E-state index contributed by atoms with van der Waals surface area (Å²) in [6.07, 6.45) is 4.74. The van der Waals surface area contributed by atoms with E-state index in [0.29, 0.717) is 24.6 Å². The molecule has 2 heterocycles. The van der Waals surface area contributed by atoms with Gasteiger partial charge < -0.3 is 18.8 Å². The summed E-state index contributed by atoms with van der Waals surface area (Å²) < 4.78 is 43.4. The average molecular weight is 442 g/mol. The molecule has 1 aliphatic heterocycles. The Morgan fingerprint density at radius 2 is 2.09 bits per heavy atom. The van der Waals surface area contributed by atoms with Crippen molar-refractivity contribution in [1.29, 1.82) is 0 Å². The number of hydrogen-bond donors (Lipinski definition) is 0. The summed E-state index contributed by atoms with van der Waals surface area (Å²) in [7, 11) is 1.62. The van der Waals surface area contributed by atoms with Gasteiger partial charge in [0.15, 0.2) is 18.2 Å². The Morgan fingerprint density at radius 1 is 1.22 bits per heavy atom. The predicted molar refractivity (Wildman–Crippen MR) is 112 cm³/mol. The first-order valence-electron chi connectivity index (χ1n) is 10.5. The molecule has 0 saturated carbocycles. The molecule has 1 atom stereocenters. The molecule has 0 aliphatic carbocycles. The van der Waals surface area contributed by atoms with E-state index in [2.05, 4.69) is 4.98 Å². The molecular weight excluding hydrogens is 418 g/mol. The molecule has 0 N–H and O–H groups in total. The van der Waals surface area contributed by atoms with Crippen LogP contribution in [0.3, 0.4) is 0 Å². The molecular formula is C24H24F2N2O4. The van der Waals surface area contributed by atoms with Crippen molar-refractivity contribution in [2.24, 2.45) is 0 Å². The largest absolute Gasteiger partial charge is 0.497 e. The molecule has 1 aromatic heterocycles. The number of oxazole rings is 1. The van der Waals surface area contributed by atoms with E-state index in [-0.39, 0.29) is 24.3 Å². The molecule has 3 aromatic rings. The first kappa shape index (κ1) is 21.8. The number of rotatable bonds is 7. The van der Waals surface area contributed by atoms with Crippen molar-refractivity contribution in [3.63, 3.8) is 0 Å². The van der Waals surface area contributed by atoms with Crippen LogP contribution in [0.25, 0.3) is 0 Å². The number of halogens is 2. The molecule has 8 heteroatoms. The summed E-state index contributed by atoms with van der Waals surface area (Å²) in [5.41, 5.74) is 1.03. The van der Waals surface area contributed by atoms with Gasteiger partial charge in [0.1, 0.15) is 23.4 Å². The Hall–Kier alpha value is -3.42. The number of aromatic nitrogens is 1. The van der Waals surface area contributed by atoms with E-state index in [1.165, 1.54) is 6.07 Å². The van der Waals surface area contributed by atoms with E-state index in [1.807, 2.05) is 24.3 Å². The Kier molecular flexibility index (Phi) is 6.68. The highest BCUT2D eigenvalue weighted by atomic mass is 19.1. The highest BCUT2D eigenvalue weighted by Crippen LogP contribution is 2.31. The third kappa shape index (κ3) is 5.07. The molecule has 1 aliphatic rings. The van der Waals surface area contributed by atoms with Crippen LogP contribution in [-0.4, -0.2) is 36.1 Å². The molecule has 1 fully saturated rings. The highest BCUT2D eigenvalue weighted by molar-refractivity contribution is 5.78. The topological polar surface area (TPSA) is 64.8 Å². The van der Waals surface area contributed by atoms with Gasteiger partial charge >= 0.3 is 0 Å². The number of piperidine rings is 1. The van der Waals surface area contributed by atoms with Crippen LogP contribution in [0.15, 0.2) is 53.1 Å². The predicted octanol–water partition coefficient (Wildman–Crippen LogP) is 4.68. The van der Waals surface area contributed by atoms with Crippen molar-refractivity contribution in [1.82, 2.24) is 9.88 Å². The van der Waals surface area contributed by atoms with Gasteiger partial charge in [-0.2, -0.15) is 0 Å². The molecule has 0 bridgehead atoms. The normalized spacial score (nSPS) is 16.1. The van der Waals surface area contributed by atoms with Crippen LogP contribution in [0.5, 0.6) is 11.5 Å². The molecule has 0 spiro atoms. The van der Waals surface area contributed by atoms with Gasteiger partial charge in [-0.25, -0.2) is 13.8 Å². The number of likely N-dealkylation sites (tertiary alicyclic amines) is 1. The van der Waals surface area contributed by atoms with E-state index in [0.717, 1.165) is 42.7 Å². The van der Waals surface area contributed by atoms with Gasteiger partial charge in [-0.1, -0.05) is 12.1 Å². The second-order valence-corrected chi connectivity index (χ2v) is 7.66. The standard InChI is InChI=1S/C24H24F2N2O4/c1-30-18-6-4-5-16(11-18)12-19-14-27-24(32-19)21-7-2-3-10-28(21)23(29)15-31-22-9-8-17(25)13-20(22)26/h4-6,8-9,11,13-14,21H,2-3,7,10,12,15H2,1H3/t21-/m0/s1. The summed E-state index contributed by atoms with van der Waals surface area (Å²) >= 11 is 0. The minimum Gasteiger partial charge on any atom is -0.497 e. The van der Waals surface area contributed by atoms with E-state index in [9.17, 15) is 13.6 Å². The van der Waals surface area contributed by atoms with Crippen LogP contribution < -0.4 is 9.47 Å². The zero-order valence-electron chi connectivity index (χ0n) is 17.7. The van der Waals surface area contributed by atoms with Crippen molar-refractivity contribution < 1.29 is 27.5 Å². The minimum atomic E-state index is -0.845. The summed E-state index contributed by atoms with van der Waals surface area (Å²) in [6, 6.07) is 10.4. The van der Waals surface area contributed by atoms with Crippen LogP contribution in [0, 0.1) is 11.6 Å². The second-order valence-electron chi connectivity index (χ2n) is 7.66. The van der Waals surface area contributed by atoms with Crippen LogP contribution in [0.1, 0.15) is 42.5 Å². The number of carbonyl (C=O) groups is 1. The molecule has 4 rings (SSSR count). The number of benzene rings is 2. The maximum Gasteiger partial charge on any atom is 0.261 e. The van der Waals surface area contributed by atoms with Gasteiger partial charge in [0.2, 0.25) is 5.89 Å². The van der Waals surface area contributed by atoms with Gasteiger partial charge in [-0.3, -0.25) is 4.79 Å². The minimum absolute atomic E-state index is 0.162. The van der Waals surface area contributed by atoms with Crippen LogP contribution in [-0.2, 0) is 11.2 Å². The third-order valence-corrected chi connectivity index (χ3v) is 5.44. The second kappa shape index (κ2) is 9.80. The lowest BCUT2D eigenvalue weighted by Gasteiger charge is -2.33. The Morgan fingerprint density at radius 3 is 2.91 bits per heavy atom. The number of nitrogens with zero attached hydrogens (tertiary/aromatic N) is 2. The lowest BCUT2D eigenvalue weighted by atomic mass is 10.0. The summed E-state index contributed by atoms with van der Waals surface area (Å²) in [6.45, 7) is 0.183. The van der Waals surface area contributed by atoms with Crippen LogP contribution in [0.2, 0.25) is 0 Å². The van der Waals surface area contributed by atoms with Crippen molar-refractivity contribution in [2.45, 2.75) is 31.7 Å². The lowest BCUT2D eigenvalue weighted by Crippen LogP contribution is -2.41. The molecule has 0 radical (unpaired) electrons. The van der Waals surface area contributed by atoms with Gasteiger partial charge in [0.25, 0.3) is 5.91 Å². The van der Waals surface area contributed by atoms with Gasteiger partial charge in [0.05, 0.1) is 13.3 Å². The number of ether oxygens (including phenoxy) is 2. The van der Waals surface area contributed by atoms with E-state index >= 15 is 0 Å². The first-order chi connectivity index (χ1) is 15.5. The number of amides is 1. The Labute approximate surface area is 184 Å². The van der Waals surface area contributed by atoms with E-state index < -0.39 is 11.6 Å². The molecule has 2 aromatic carbocycles. The monoisotopic (exact) mass is 442 g/mol. The van der Waals surface area contributed by atoms with Crippen molar-refractivity contribution in [3.05, 3.63) is 77.5 Å². The van der Waals surface area contributed by atoms with E-state index in [4.69, 9.17) is 13.9 Å². The lowest BCUT2D eigenvalue weighted by molar-refractivity contribution is -0.137. The third-order valence-electron chi connectivity index (χ3n) is 5.44. The molecule has 1 saturated heterocycles.